The van der Waals surface area contributed by atoms with Crippen LogP contribution in [0, 0.1) is 5.92 Å². The van der Waals surface area contributed by atoms with Gasteiger partial charge < -0.3 is 10.0 Å². The second-order valence-electron chi connectivity index (χ2n) is 11.2. The fourth-order valence-electron chi connectivity index (χ4n) is 6.15. The number of hydrogen-bond donors (Lipinski definition) is 1. The summed E-state index contributed by atoms with van der Waals surface area (Å²) in [5, 5.41) is 9.53. The molecule has 43 heavy (non-hydrogen) atoms. The molecule has 10 heteroatoms. The number of aryl methyl sites for hydroxylation is 1. The van der Waals surface area contributed by atoms with Gasteiger partial charge in [-0.3, -0.25) is 4.39 Å². The van der Waals surface area contributed by atoms with E-state index in [1.165, 1.54) is 12.1 Å². The van der Waals surface area contributed by atoms with Crippen LogP contribution in [0.15, 0.2) is 60.7 Å². The van der Waals surface area contributed by atoms with Crippen LogP contribution in [-0.2, 0) is 25.2 Å². The van der Waals surface area contributed by atoms with Crippen molar-refractivity contribution in [2.75, 3.05) is 26.3 Å². The Bertz CT molecular complexity index is 1520. The van der Waals surface area contributed by atoms with Crippen LogP contribution in [-0.4, -0.2) is 42.3 Å². The number of fused-ring (bicyclic) bond motifs is 1. The number of carboxylic acid groups (broad SMARTS) is 1. The van der Waals surface area contributed by atoms with Crippen LogP contribution in [0.3, 0.4) is 0 Å². The summed E-state index contributed by atoms with van der Waals surface area (Å²) in [5.74, 6) is -0.724. The topological polar surface area (TPSA) is 40.5 Å². The molecule has 0 atom stereocenters. The van der Waals surface area contributed by atoms with E-state index in [0.717, 1.165) is 37.7 Å². The normalized spacial score (nSPS) is 16.5. The van der Waals surface area contributed by atoms with E-state index in [-0.39, 0.29) is 35.9 Å². The fraction of sp³-hybridized carbons (Fsp3) is 0.364. The zero-order chi connectivity index (χ0) is 30.9. The Morgan fingerprint density at radius 1 is 0.860 bits per heavy atom. The van der Waals surface area contributed by atoms with Crippen molar-refractivity contribution in [1.82, 2.24) is 4.90 Å². The summed E-state index contributed by atoms with van der Waals surface area (Å²) >= 11 is 0. The molecule has 228 valence electrons. The van der Waals surface area contributed by atoms with Gasteiger partial charge >= 0.3 is 18.3 Å². The molecular weight excluding hydrogens is 575 g/mol. The van der Waals surface area contributed by atoms with Gasteiger partial charge in [0.25, 0.3) is 0 Å². The molecular formula is C33H30F7NO2. The molecule has 2 aliphatic rings. The molecule has 0 radical (unpaired) electrons. The van der Waals surface area contributed by atoms with Gasteiger partial charge in [-0.25, -0.2) is 4.79 Å². The molecule has 1 fully saturated rings. The lowest BCUT2D eigenvalue weighted by Gasteiger charge is -2.39. The highest BCUT2D eigenvalue weighted by atomic mass is 19.4. The molecule has 1 aliphatic carbocycles. The minimum atomic E-state index is -5.04. The van der Waals surface area contributed by atoms with Gasteiger partial charge in [0.1, 0.15) is 0 Å². The number of likely N-dealkylation sites (tertiary alicyclic amines) is 1. The van der Waals surface area contributed by atoms with Gasteiger partial charge in [-0.15, -0.1) is 0 Å². The van der Waals surface area contributed by atoms with Crippen LogP contribution in [0.2, 0.25) is 0 Å². The highest BCUT2D eigenvalue weighted by Crippen LogP contribution is 2.45. The average Bonchev–Trinajstić information content (AvgIpc) is 3.12. The molecule has 0 bridgehead atoms. The Morgan fingerprint density at radius 3 is 2.19 bits per heavy atom. The van der Waals surface area contributed by atoms with Crippen molar-refractivity contribution in [1.29, 1.82) is 0 Å². The van der Waals surface area contributed by atoms with Crippen molar-refractivity contribution in [3.05, 3.63) is 105 Å². The molecule has 0 saturated carbocycles. The summed E-state index contributed by atoms with van der Waals surface area (Å²) in [6.45, 7) is 2.10. The van der Waals surface area contributed by atoms with Gasteiger partial charge in [0.2, 0.25) is 0 Å². The maximum absolute atomic E-state index is 14.3. The number of carbonyl (C=O) groups is 1. The Hall–Kier alpha value is -3.66. The Morgan fingerprint density at radius 2 is 1.56 bits per heavy atom. The van der Waals surface area contributed by atoms with Crippen molar-refractivity contribution >= 4 is 17.1 Å². The van der Waals surface area contributed by atoms with Crippen LogP contribution >= 0.6 is 0 Å². The lowest BCUT2D eigenvalue weighted by Crippen LogP contribution is -2.47. The zero-order valence-electron chi connectivity index (χ0n) is 23.2. The number of alkyl halides is 7. The summed E-state index contributed by atoms with van der Waals surface area (Å²) in [5.41, 5.74) is 0.520. The van der Waals surface area contributed by atoms with Gasteiger partial charge in [-0.05, 0) is 101 Å². The van der Waals surface area contributed by atoms with Crippen LogP contribution in [0.25, 0.3) is 11.1 Å². The molecule has 0 spiro atoms. The number of allylic oxidation sites excluding steroid dienone is 1. The molecule has 1 aliphatic heterocycles. The van der Waals surface area contributed by atoms with E-state index in [2.05, 4.69) is 4.90 Å². The lowest BCUT2D eigenvalue weighted by molar-refractivity contribution is -0.143. The fourth-order valence-corrected chi connectivity index (χ4v) is 6.15. The van der Waals surface area contributed by atoms with Gasteiger partial charge in [0.15, 0.2) is 0 Å². The van der Waals surface area contributed by atoms with E-state index < -0.39 is 29.4 Å². The first-order chi connectivity index (χ1) is 20.3. The third-order valence-electron chi connectivity index (χ3n) is 8.18. The highest BCUT2D eigenvalue weighted by Gasteiger charge is 2.39. The minimum Gasteiger partial charge on any atom is -0.478 e. The van der Waals surface area contributed by atoms with Crippen molar-refractivity contribution in [3.63, 3.8) is 0 Å². The molecule has 5 rings (SSSR count). The highest BCUT2D eigenvalue weighted by molar-refractivity contribution is 6.01. The maximum Gasteiger partial charge on any atom is 0.417 e. The monoisotopic (exact) mass is 605 g/mol. The third kappa shape index (κ3) is 6.79. The van der Waals surface area contributed by atoms with Crippen molar-refractivity contribution in [2.45, 2.75) is 44.5 Å². The summed E-state index contributed by atoms with van der Waals surface area (Å²) in [6.07, 6.45) is -7.77. The maximum atomic E-state index is 14.3. The molecule has 3 nitrogen and oxygen atoms in total. The predicted molar refractivity (Wildman–Crippen MR) is 149 cm³/mol. The predicted octanol–water partition coefficient (Wildman–Crippen LogP) is 8.55. The van der Waals surface area contributed by atoms with Gasteiger partial charge in [0, 0.05) is 19.6 Å². The first kappa shape index (κ1) is 30.8. The molecule has 3 aromatic carbocycles. The van der Waals surface area contributed by atoms with Crippen LogP contribution in [0.4, 0.5) is 30.7 Å². The molecule has 0 unspecified atom stereocenters. The molecule has 1 heterocycles. The zero-order valence-corrected chi connectivity index (χ0v) is 23.2. The van der Waals surface area contributed by atoms with E-state index >= 15 is 0 Å². The number of rotatable bonds is 8. The summed E-state index contributed by atoms with van der Waals surface area (Å²) in [7, 11) is 0. The number of halogens is 7. The Kier molecular flexibility index (Phi) is 8.70. The molecule has 1 saturated heterocycles. The van der Waals surface area contributed by atoms with E-state index in [4.69, 9.17) is 0 Å². The van der Waals surface area contributed by atoms with Gasteiger partial charge in [-0.1, -0.05) is 36.4 Å². The van der Waals surface area contributed by atoms with Crippen molar-refractivity contribution in [3.8, 4) is 0 Å². The van der Waals surface area contributed by atoms with Crippen molar-refractivity contribution < 1.29 is 40.6 Å². The average molecular weight is 606 g/mol. The SMILES string of the molecule is O=C(O)c1ccc2c(c1)CCCC(c1ccc(C(F)(F)F)cc1C(F)(F)F)=C2c1ccc(CC2CN(CCCF)C2)cc1. The molecule has 0 aromatic heterocycles. The van der Waals surface area contributed by atoms with Crippen LogP contribution < -0.4 is 0 Å². The van der Waals surface area contributed by atoms with Crippen LogP contribution in [0.5, 0.6) is 0 Å². The quantitative estimate of drug-likeness (QED) is 0.262. The van der Waals surface area contributed by atoms with E-state index in [9.17, 15) is 40.6 Å². The number of aromatic carboxylic acids is 1. The van der Waals surface area contributed by atoms with E-state index in [1.54, 1.807) is 6.07 Å². The molecule has 1 N–H and O–H groups in total. The summed E-state index contributed by atoms with van der Waals surface area (Å²) < 4.78 is 95.5. The standard InChI is InChI=1S/C33H30F7NO2/c34-13-2-14-41-18-21(19-41)15-20-5-7-22(8-6-20)30-26-11-9-24(31(42)43)16-23(26)3-1-4-28(30)27-12-10-25(32(35,36)37)17-29(27)33(38,39)40/h5-12,16-17,21H,1-4,13-15,18-19H2,(H,42,43). The Labute approximate surface area is 244 Å². The Balaban J connectivity index is 1.60. The van der Waals surface area contributed by atoms with Crippen molar-refractivity contribution in [2.24, 2.45) is 5.92 Å². The second kappa shape index (κ2) is 12.1. The molecule has 0 amide bonds. The number of carboxylic acids is 1. The van der Waals surface area contributed by atoms with Gasteiger partial charge in [0.05, 0.1) is 23.4 Å². The second-order valence-corrected chi connectivity index (χ2v) is 11.2. The van der Waals surface area contributed by atoms with E-state index in [1.807, 2.05) is 24.3 Å². The summed E-state index contributed by atoms with van der Waals surface area (Å²) in [6, 6.07) is 13.6. The third-order valence-corrected chi connectivity index (χ3v) is 8.18. The number of nitrogens with zero attached hydrogens (tertiary/aromatic N) is 1. The minimum absolute atomic E-state index is 0.0449. The lowest BCUT2D eigenvalue weighted by atomic mass is 9.84. The first-order valence-corrected chi connectivity index (χ1v) is 14.1. The number of benzene rings is 3. The smallest absolute Gasteiger partial charge is 0.417 e. The number of hydrogen-bond acceptors (Lipinski definition) is 2. The summed E-state index contributed by atoms with van der Waals surface area (Å²) in [4.78, 5) is 13.8. The van der Waals surface area contributed by atoms with E-state index in [0.29, 0.717) is 53.5 Å². The van der Waals surface area contributed by atoms with Crippen LogP contribution in [0.1, 0.15) is 68.6 Å². The van der Waals surface area contributed by atoms with Gasteiger partial charge in [-0.2, -0.15) is 26.3 Å². The molecule has 3 aromatic rings. The first-order valence-electron chi connectivity index (χ1n) is 14.1. The largest absolute Gasteiger partial charge is 0.478 e.